The summed E-state index contributed by atoms with van der Waals surface area (Å²) < 4.78 is 7.71. The molecule has 0 fully saturated rings. The van der Waals surface area contributed by atoms with E-state index in [0.29, 0.717) is 17.6 Å². The maximum atomic E-state index is 12.1. The van der Waals surface area contributed by atoms with Gasteiger partial charge in [0.2, 0.25) is 11.1 Å². The first kappa shape index (κ1) is 19.2. The zero-order chi connectivity index (χ0) is 19.2. The van der Waals surface area contributed by atoms with Gasteiger partial charge in [-0.15, -0.1) is 10.2 Å². The highest BCUT2D eigenvalue weighted by Crippen LogP contribution is 2.24. The molecule has 0 bridgehead atoms. The van der Waals surface area contributed by atoms with Crippen LogP contribution in [-0.2, 0) is 4.79 Å². The fraction of sp³-hybridized carbons (Fsp3) is 0.167. The number of nitrogens with one attached hydrogen (secondary N) is 1. The van der Waals surface area contributed by atoms with Crippen molar-refractivity contribution in [1.29, 1.82) is 0 Å². The largest absolute Gasteiger partial charge is 0.494 e. The smallest absolute Gasteiger partial charge is 0.234 e. The van der Waals surface area contributed by atoms with E-state index in [0.717, 1.165) is 21.5 Å². The molecule has 1 aromatic heterocycles. The van der Waals surface area contributed by atoms with Crippen LogP contribution >= 0.6 is 27.7 Å². The van der Waals surface area contributed by atoms with E-state index in [2.05, 4.69) is 31.4 Å². The van der Waals surface area contributed by atoms with Gasteiger partial charge in [0.05, 0.1) is 12.4 Å². The summed E-state index contributed by atoms with van der Waals surface area (Å²) in [5.74, 6) is 7.42. The lowest BCUT2D eigenvalue weighted by Crippen LogP contribution is -2.16. The highest BCUT2D eigenvalue weighted by Gasteiger charge is 2.14. The minimum Gasteiger partial charge on any atom is -0.494 e. The number of amides is 1. The van der Waals surface area contributed by atoms with E-state index in [1.807, 2.05) is 55.5 Å². The van der Waals surface area contributed by atoms with Gasteiger partial charge in [0, 0.05) is 15.7 Å². The van der Waals surface area contributed by atoms with Gasteiger partial charge in [-0.1, -0.05) is 33.8 Å². The number of nitrogen functional groups attached to an aromatic ring is 1. The number of hydrogen-bond acceptors (Lipinski definition) is 6. The first-order valence-corrected chi connectivity index (χ1v) is 9.96. The summed E-state index contributed by atoms with van der Waals surface area (Å²) in [5, 5.41) is 11.5. The molecule has 3 rings (SSSR count). The molecule has 1 heterocycles. The van der Waals surface area contributed by atoms with Crippen molar-refractivity contribution >= 4 is 39.3 Å². The molecule has 2 aromatic carbocycles. The number of hydrogen-bond donors (Lipinski definition) is 2. The molecule has 3 aromatic rings. The molecule has 9 heteroatoms. The molecule has 0 saturated carbocycles. The number of thioether (sulfide) groups is 1. The van der Waals surface area contributed by atoms with Crippen molar-refractivity contribution in [2.24, 2.45) is 0 Å². The van der Waals surface area contributed by atoms with Crippen LogP contribution in [0.15, 0.2) is 58.2 Å². The van der Waals surface area contributed by atoms with Crippen molar-refractivity contribution in [1.82, 2.24) is 14.9 Å². The van der Waals surface area contributed by atoms with Gasteiger partial charge >= 0.3 is 0 Å². The average molecular weight is 448 g/mol. The monoisotopic (exact) mass is 447 g/mol. The van der Waals surface area contributed by atoms with Gasteiger partial charge in [0.1, 0.15) is 5.75 Å². The Labute approximate surface area is 169 Å². The van der Waals surface area contributed by atoms with Crippen LogP contribution < -0.4 is 15.9 Å². The van der Waals surface area contributed by atoms with Gasteiger partial charge in [-0.25, -0.2) is 4.68 Å². The molecule has 140 valence electrons. The number of benzene rings is 2. The molecule has 0 saturated heterocycles. The van der Waals surface area contributed by atoms with Crippen LogP contribution in [0.1, 0.15) is 6.92 Å². The zero-order valence-electron chi connectivity index (χ0n) is 14.6. The Bertz CT molecular complexity index is 930. The predicted molar refractivity (Wildman–Crippen MR) is 110 cm³/mol. The van der Waals surface area contributed by atoms with E-state index in [9.17, 15) is 4.79 Å². The summed E-state index contributed by atoms with van der Waals surface area (Å²) >= 11 is 4.59. The van der Waals surface area contributed by atoms with Crippen molar-refractivity contribution in [3.05, 3.63) is 53.0 Å². The molecule has 0 spiro atoms. The molecular weight excluding hydrogens is 430 g/mol. The van der Waals surface area contributed by atoms with Crippen molar-refractivity contribution in [3.63, 3.8) is 0 Å². The second-order valence-electron chi connectivity index (χ2n) is 5.48. The van der Waals surface area contributed by atoms with Crippen LogP contribution in [0.25, 0.3) is 11.4 Å². The number of rotatable bonds is 7. The average Bonchev–Trinajstić information content (AvgIpc) is 3.02. The van der Waals surface area contributed by atoms with E-state index in [-0.39, 0.29) is 11.7 Å². The Kier molecular flexibility index (Phi) is 6.36. The quantitative estimate of drug-likeness (QED) is 0.424. The van der Waals surface area contributed by atoms with E-state index in [4.69, 9.17) is 10.6 Å². The van der Waals surface area contributed by atoms with E-state index in [1.54, 1.807) is 0 Å². The Morgan fingerprint density at radius 3 is 2.74 bits per heavy atom. The molecule has 1 amide bonds. The maximum Gasteiger partial charge on any atom is 0.234 e. The van der Waals surface area contributed by atoms with Crippen molar-refractivity contribution < 1.29 is 9.53 Å². The second kappa shape index (κ2) is 8.92. The van der Waals surface area contributed by atoms with Crippen LogP contribution in [0.4, 0.5) is 5.69 Å². The van der Waals surface area contributed by atoms with Gasteiger partial charge in [-0.2, -0.15) is 0 Å². The maximum absolute atomic E-state index is 12.1. The Morgan fingerprint density at radius 2 is 2.04 bits per heavy atom. The first-order valence-electron chi connectivity index (χ1n) is 8.18. The third-order valence-corrected chi connectivity index (χ3v) is 4.97. The topological polar surface area (TPSA) is 95.1 Å². The normalized spacial score (nSPS) is 10.6. The summed E-state index contributed by atoms with van der Waals surface area (Å²) in [6.45, 7) is 2.54. The van der Waals surface area contributed by atoms with Gasteiger partial charge < -0.3 is 15.9 Å². The number of aromatic nitrogens is 3. The Hall–Kier alpha value is -2.52. The molecule has 3 N–H and O–H groups in total. The fourth-order valence-corrected chi connectivity index (χ4v) is 3.39. The molecule has 0 aliphatic rings. The molecule has 27 heavy (non-hydrogen) atoms. The van der Waals surface area contributed by atoms with Gasteiger partial charge in [0.25, 0.3) is 0 Å². The number of carbonyl (C=O) groups is 1. The lowest BCUT2D eigenvalue weighted by Gasteiger charge is -2.06. The van der Waals surface area contributed by atoms with E-state index < -0.39 is 0 Å². The van der Waals surface area contributed by atoms with Crippen molar-refractivity contribution in [3.8, 4) is 17.1 Å². The molecule has 0 aliphatic carbocycles. The molecule has 0 aliphatic heterocycles. The lowest BCUT2D eigenvalue weighted by atomic mass is 10.2. The zero-order valence-corrected chi connectivity index (χ0v) is 17.0. The lowest BCUT2D eigenvalue weighted by molar-refractivity contribution is -0.113. The van der Waals surface area contributed by atoms with Gasteiger partial charge in [0.15, 0.2) is 5.82 Å². The number of ether oxygens (including phenoxy) is 1. The van der Waals surface area contributed by atoms with Gasteiger partial charge in [-0.05, 0) is 49.4 Å². The van der Waals surface area contributed by atoms with Gasteiger partial charge in [-0.3, -0.25) is 4.79 Å². The van der Waals surface area contributed by atoms with E-state index in [1.165, 1.54) is 16.4 Å². The summed E-state index contributed by atoms with van der Waals surface area (Å²) in [4.78, 5) is 12.1. The van der Waals surface area contributed by atoms with Crippen LogP contribution in [0.5, 0.6) is 5.75 Å². The Balaban J connectivity index is 1.62. The van der Waals surface area contributed by atoms with Crippen LogP contribution in [0.3, 0.4) is 0 Å². The summed E-state index contributed by atoms with van der Waals surface area (Å²) in [6.07, 6.45) is 0. The summed E-state index contributed by atoms with van der Waals surface area (Å²) in [5.41, 5.74) is 1.54. The third kappa shape index (κ3) is 5.01. The number of carbonyl (C=O) groups excluding carboxylic acids is 1. The molecule has 7 nitrogen and oxygen atoms in total. The highest BCUT2D eigenvalue weighted by atomic mass is 79.9. The summed E-state index contributed by atoms with van der Waals surface area (Å²) in [6, 6.07) is 14.8. The van der Waals surface area contributed by atoms with Crippen LogP contribution in [-0.4, -0.2) is 33.1 Å². The third-order valence-electron chi connectivity index (χ3n) is 3.53. The number of anilines is 1. The standard InChI is InChI=1S/C18H18BrN5O2S/c1-2-26-15-8-6-12(7-9-15)17-22-23-18(24(17)20)27-11-16(25)21-14-5-3-4-13(19)10-14/h3-10H,2,11,20H2,1H3,(H,21,25). The van der Waals surface area contributed by atoms with Crippen LogP contribution in [0.2, 0.25) is 0 Å². The Morgan fingerprint density at radius 1 is 1.26 bits per heavy atom. The number of halogens is 1. The first-order chi connectivity index (χ1) is 13.1. The van der Waals surface area contributed by atoms with Crippen molar-refractivity contribution in [2.45, 2.75) is 12.1 Å². The molecule has 0 atom stereocenters. The number of nitrogens with two attached hydrogens (primary N) is 1. The fourth-order valence-electron chi connectivity index (χ4n) is 2.33. The number of nitrogens with zero attached hydrogens (tertiary/aromatic N) is 3. The predicted octanol–water partition coefficient (Wildman–Crippen LogP) is 3.55. The second-order valence-corrected chi connectivity index (χ2v) is 7.34. The van der Waals surface area contributed by atoms with E-state index >= 15 is 0 Å². The minimum atomic E-state index is -0.149. The van der Waals surface area contributed by atoms with Crippen LogP contribution in [0, 0.1) is 0 Å². The molecule has 0 unspecified atom stereocenters. The summed E-state index contributed by atoms with van der Waals surface area (Å²) in [7, 11) is 0. The molecular formula is C18H18BrN5O2S. The SMILES string of the molecule is CCOc1ccc(-c2nnc(SCC(=O)Nc3cccc(Br)c3)n2N)cc1. The van der Waals surface area contributed by atoms with Crippen molar-refractivity contribution in [2.75, 3.05) is 23.5 Å². The minimum absolute atomic E-state index is 0.149. The molecule has 0 radical (unpaired) electrons. The highest BCUT2D eigenvalue weighted by molar-refractivity contribution is 9.10.